The van der Waals surface area contributed by atoms with Crippen LogP contribution in [0, 0.1) is 0 Å². The highest BCUT2D eigenvalue weighted by Gasteiger charge is 2.40. The van der Waals surface area contributed by atoms with Crippen molar-refractivity contribution in [2.24, 2.45) is 5.73 Å². The van der Waals surface area contributed by atoms with E-state index in [1.165, 1.54) is 7.11 Å². The van der Waals surface area contributed by atoms with Crippen molar-refractivity contribution in [2.45, 2.75) is 25.2 Å². The summed E-state index contributed by atoms with van der Waals surface area (Å²) in [5, 5.41) is 0. The Kier molecular flexibility index (Phi) is 3.71. The molecular weight excluding hydrogens is 282 g/mol. The topological polar surface area (TPSA) is 78.6 Å². The molecule has 0 spiro atoms. The van der Waals surface area contributed by atoms with E-state index in [2.05, 4.69) is 0 Å². The molecule has 0 saturated heterocycles. The third kappa shape index (κ3) is 2.28. The maximum atomic E-state index is 12.4. The van der Waals surface area contributed by atoms with E-state index in [-0.39, 0.29) is 17.2 Å². The Morgan fingerprint density at radius 1 is 1.27 bits per heavy atom. The summed E-state index contributed by atoms with van der Waals surface area (Å²) in [6.07, 6.45) is 1.85. The third-order valence-corrected chi connectivity index (χ3v) is 4.02. The minimum Gasteiger partial charge on any atom is -0.465 e. The Hall–Kier alpha value is -2.56. The lowest BCUT2D eigenvalue weighted by Gasteiger charge is -2.32. The quantitative estimate of drug-likeness (QED) is 0.847. The lowest BCUT2D eigenvalue weighted by atomic mass is 9.77. The van der Waals surface area contributed by atoms with Crippen molar-refractivity contribution < 1.29 is 19.1 Å². The van der Waals surface area contributed by atoms with Crippen LogP contribution in [0.2, 0.25) is 0 Å². The van der Waals surface area contributed by atoms with Crippen LogP contribution in [0.1, 0.15) is 30.7 Å². The van der Waals surface area contributed by atoms with Crippen molar-refractivity contribution in [2.75, 3.05) is 7.11 Å². The number of Topliss-reactive ketones (excluding diaryl/α,β-unsaturated/α-hetero) is 1. The number of hydrogen-bond acceptors (Lipinski definition) is 5. The molecule has 1 heterocycles. The number of methoxy groups -OCH3 is 1. The minimum absolute atomic E-state index is 0.00371. The molecule has 2 N–H and O–H groups in total. The van der Waals surface area contributed by atoms with Gasteiger partial charge >= 0.3 is 5.97 Å². The van der Waals surface area contributed by atoms with Gasteiger partial charge in [-0.1, -0.05) is 30.3 Å². The summed E-state index contributed by atoms with van der Waals surface area (Å²) in [5.41, 5.74) is 7.51. The largest absolute Gasteiger partial charge is 0.465 e. The van der Waals surface area contributed by atoms with Crippen LogP contribution in [0.4, 0.5) is 0 Å². The van der Waals surface area contributed by atoms with Gasteiger partial charge in [0.25, 0.3) is 0 Å². The molecule has 1 aromatic rings. The van der Waals surface area contributed by atoms with Crippen LogP contribution in [0.3, 0.4) is 0 Å². The van der Waals surface area contributed by atoms with Crippen LogP contribution in [-0.4, -0.2) is 18.9 Å². The fourth-order valence-electron chi connectivity index (χ4n) is 3.04. The second-order valence-corrected chi connectivity index (χ2v) is 5.33. The summed E-state index contributed by atoms with van der Waals surface area (Å²) in [6, 6.07) is 9.36. The Morgan fingerprint density at radius 3 is 2.68 bits per heavy atom. The first kappa shape index (κ1) is 14.4. The zero-order valence-electron chi connectivity index (χ0n) is 12.3. The highest BCUT2D eigenvalue weighted by atomic mass is 16.5. The van der Waals surface area contributed by atoms with Crippen molar-refractivity contribution in [3.05, 3.63) is 58.7 Å². The minimum atomic E-state index is -0.573. The fraction of sp³-hybridized carbons (Fsp3) is 0.294. The highest BCUT2D eigenvalue weighted by molar-refractivity contribution is 6.03. The third-order valence-electron chi connectivity index (χ3n) is 4.02. The molecule has 0 bridgehead atoms. The lowest BCUT2D eigenvalue weighted by Crippen LogP contribution is -2.31. The smallest absolute Gasteiger partial charge is 0.340 e. The standard InChI is InChI=1S/C17H17NO4/c1-21-17(20)15-13(10-6-3-2-4-7-10)14-11(19)8-5-9-12(14)22-16(15)18/h2-4,6-7,13H,5,8-9,18H2,1H3/t13-/m1/s1. The summed E-state index contributed by atoms with van der Waals surface area (Å²) in [5.74, 6) is -0.491. The monoisotopic (exact) mass is 299 g/mol. The Bertz CT molecular complexity index is 688. The predicted octanol–water partition coefficient (Wildman–Crippen LogP) is 2.15. The molecule has 0 radical (unpaired) electrons. The zero-order valence-corrected chi connectivity index (χ0v) is 12.3. The number of esters is 1. The molecule has 1 aliphatic heterocycles. The first-order valence-corrected chi connectivity index (χ1v) is 7.20. The fourth-order valence-corrected chi connectivity index (χ4v) is 3.04. The van der Waals surface area contributed by atoms with Gasteiger partial charge in [-0.05, 0) is 12.0 Å². The Labute approximate surface area is 128 Å². The number of benzene rings is 1. The van der Waals surface area contributed by atoms with E-state index >= 15 is 0 Å². The number of rotatable bonds is 2. The highest BCUT2D eigenvalue weighted by Crippen LogP contribution is 2.43. The van der Waals surface area contributed by atoms with Crippen molar-refractivity contribution >= 4 is 11.8 Å². The number of hydrogen-bond donors (Lipinski definition) is 1. The second kappa shape index (κ2) is 5.67. The van der Waals surface area contributed by atoms with Gasteiger partial charge in [0.15, 0.2) is 5.78 Å². The normalized spacial score (nSPS) is 21.3. The van der Waals surface area contributed by atoms with E-state index in [9.17, 15) is 9.59 Å². The Balaban J connectivity index is 2.18. The van der Waals surface area contributed by atoms with Gasteiger partial charge in [0.1, 0.15) is 11.3 Å². The molecule has 1 aromatic carbocycles. The number of allylic oxidation sites excluding steroid dienone is 2. The van der Waals surface area contributed by atoms with Gasteiger partial charge < -0.3 is 15.2 Å². The van der Waals surface area contributed by atoms with E-state index in [1.807, 2.05) is 30.3 Å². The lowest BCUT2D eigenvalue weighted by molar-refractivity contribution is -0.136. The number of carbonyl (C=O) groups is 2. The first-order valence-electron chi connectivity index (χ1n) is 7.20. The van der Waals surface area contributed by atoms with Gasteiger partial charge in [0, 0.05) is 18.4 Å². The van der Waals surface area contributed by atoms with Gasteiger partial charge in [0.05, 0.1) is 13.0 Å². The van der Waals surface area contributed by atoms with Crippen molar-refractivity contribution in [1.82, 2.24) is 0 Å². The average Bonchev–Trinajstić information content (AvgIpc) is 2.54. The van der Waals surface area contributed by atoms with E-state index in [1.54, 1.807) is 0 Å². The molecule has 1 aliphatic carbocycles. The van der Waals surface area contributed by atoms with E-state index in [0.717, 1.165) is 12.0 Å². The van der Waals surface area contributed by atoms with Gasteiger partial charge in [-0.3, -0.25) is 4.79 Å². The maximum Gasteiger partial charge on any atom is 0.340 e. The molecule has 5 nitrogen and oxygen atoms in total. The SMILES string of the molecule is COC(=O)C1=C(N)OC2=C(C(=O)CCC2)[C@H]1c1ccccc1. The molecule has 5 heteroatoms. The van der Waals surface area contributed by atoms with Crippen LogP contribution >= 0.6 is 0 Å². The summed E-state index contributed by atoms with van der Waals surface area (Å²) >= 11 is 0. The van der Waals surface area contributed by atoms with Crippen molar-refractivity contribution in [1.29, 1.82) is 0 Å². The number of ketones is 1. The molecule has 0 amide bonds. The summed E-state index contributed by atoms with van der Waals surface area (Å²) in [6.45, 7) is 0. The molecule has 0 aromatic heterocycles. The van der Waals surface area contributed by atoms with Gasteiger partial charge in [0.2, 0.25) is 5.88 Å². The van der Waals surface area contributed by atoms with E-state index < -0.39 is 11.9 Å². The van der Waals surface area contributed by atoms with Crippen molar-refractivity contribution in [3.8, 4) is 0 Å². The molecule has 0 fully saturated rings. The average molecular weight is 299 g/mol. The molecule has 0 saturated carbocycles. The zero-order chi connectivity index (χ0) is 15.7. The molecule has 2 aliphatic rings. The van der Waals surface area contributed by atoms with E-state index in [0.29, 0.717) is 24.2 Å². The number of carbonyl (C=O) groups excluding carboxylic acids is 2. The van der Waals surface area contributed by atoms with Crippen LogP contribution in [0.15, 0.2) is 53.1 Å². The number of nitrogens with two attached hydrogens (primary N) is 1. The van der Waals surface area contributed by atoms with Gasteiger partial charge in [-0.25, -0.2) is 4.79 Å². The summed E-state index contributed by atoms with van der Waals surface area (Å²) in [7, 11) is 1.29. The van der Waals surface area contributed by atoms with Crippen LogP contribution in [-0.2, 0) is 19.1 Å². The molecule has 3 rings (SSSR count). The maximum absolute atomic E-state index is 12.4. The van der Waals surface area contributed by atoms with E-state index in [4.69, 9.17) is 15.2 Å². The van der Waals surface area contributed by atoms with Gasteiger partial charge in [-0.2, -0.15) is 0 Å². The van der Waals surface area contributed by atoms with Crippen LogP contribution < -0.4 is 5.73 Å². The molecule has 22 heavy (non-hydrogen) atoms. The van der Waals surface area contributed by atoms with Crippen LogP contribution in [0.5, 0.6) is 0 Å². The molecule has 0 unspecified atom stereocenters. The predicted molar refractivity (Wildman–Crippen MR) is 79.4 cm³/mol. The van der Waals surface area contributed by atoms with Crippen molar-refractivity contribution in [3.63, 3.8) is 0 Å². The molecular formula is C17H17NO4. The Morgan fingerprint density at radius 2 is 2.00 bits per heavy atom. The number of ether oxygens (including phenoxy) is 2. The molecule has 114 valence electrons. The summed E-state index contributed by atoms with van der Waals surface area (Å²) < 4.78 is 10.4. The summed E-state index contributed by atoms with van der Waals surface area (Å²) in [4.78, 5) is 24.6. The molecule has 1 atom stereocenters. The first-order chi connectivity index (χ1) is 10.6. The second-order valence-electron chi connectivity index (χ2n) is 5.33. The van der Waals surface area contributed by atoms with Gasteiger partial charge in [-0.15, -0.1) is 0 Å². The van der Waals surface area contributed by atoms with Crippen LogP contribution in [0.25, 0.3) is 0 Å².